The van der Waals surface area contributed by atoms with E-state index in [2.05, 4.69) is 20.6 Å². The first-order valence-electron chi connectivity index (χ1n) is 4.72. The van der Waals surface area contributed by atoms with Gasteiger partial charge in [0.25, 0.3) is 0 Å². The van der Waals surface area contributed by atoms with Crippen LogP contribution in [0.1, 0.15) is 17.0 Å². The van der Waals surface area contributed by atoms with Crippen LogP contribution in [0.5, 0.6) is 0 Å². The fraction of sp³-hybridized carbons (Fsp3) is 0.0909. The fourth-order valence-corrected chi connectivity index (χ4v) is 1.25. The Balaban J connectivity index is 2.36. The van der Waals surface area contributed by atoms with Crippen LogP contribution in [0.25, 0.3) is 11.6 Å². The van der Waals surface area contributed by atoms with Crippen molar-refractivity contribution in [2.75, 3.05) is 0 Å². The summed E-state index contributed by atoms with van der Waals surface area (Å²) in [5.74, 6) is 0.308. The van der Waals surface area contributed by atoms with Crippen LogP contribution in [0.2, 0.25) is 0 Å². The normalized spacial score (nSPS) is 11.1. The van der Waals surface area contributed by atoms with Crippen LogP contribution < -0.4 is 0 Å². The summed E-state index contributed by atoms with van der Waals surface area (Å²) in [6.45, 7) is 2.01. The van der Waals surface area contributed by atoms with E-state index in [0.29, 0.717) is 11.4 Å². The third-order valence-corrected chi connectivity index (χ3v) is 2.10. The van der Waals surface area contributed by atoms with Gasteiger partial charge < -0.3 is 0 Å². The minimum absolute atomic E-state index is 0.308. The lowest BCUT2D eigenvalue weighted by atomic mass is 10.1. The van der Waals surface area contributed by atoms with Gasteiger partial charge in [0, 0.05) is 0 Å². The van der Waals surface area contributed by atoms with E-state index in [1.165, 1.54) is 5.56 Å². The van der Waals surface area contributed by atoms with Crippen molar-refractivity contribution in [3.63, 3.8) is 0 Å². The fourth-order valence-electron chi connectivity index (χ4n) is 1.25. The van der Waals surface area contributed by atoms with E-state index in [1.807, 2.05) is 37.3 Å². The molecule has 0 unspecified atom stereocenters. The molecular formula is C11H9N5. The number of nitrogens with zero attached hydrogens (tertiary/aromatic N) is 4. The van der Waals surface area contributed by atoms with Crippen molar-refractivity contribution in [2.45, 2.75) is 6.92 Å². The first-order chi connectivity index (χ1) is 7.79. The molecular weight excluding hydrogens is 202 g/mol. The summed E-state index contributed by atoms with van der Waals surface area (Å²) >= 11 is 0. The van der Waals surface area contributed by atoms with E-state index >= 15 is 0 Å². The van der Waals surface area contributed by atoms with Crippen molar-refractivity contribution in [1.82, 2.24) is 20.6 Å². The highest BCUT2D eigenvalue weighted by Crippen LogP contribution is 2.13. The molecule has 5 nitrogen and oxygen atoms in total. The SMILES string of the molecule is Cc1ccc(C=C(C#N)c2nn[nH]n2)cc1. The van der Waals surface area contributed by atoms with Gasteiger partial charge in [0.15, 0.2) is 0 Å². The minimum atomic E-state index is 0.308. The number of allylic oxidation sites excluding steroid dienone is 1. The third kappa shape index (κ3) is 2.12. The van der Waals surface area contributed by atoms with Crippen LogP contribution >= 0.6 is 0 Å². The van der Waals surface area contributed by atoms with Gasteiger partial charge in [-0.05, 0) is 23.8 Å². The molecule has 0 saturated carbocycles. The van der Waals surface area contributed by atoms with Crippen LogP contribution in [0.4, 0.5) is 0 Å². The van der Waals surface area contributed by atoms with Crippen LogP contribution in [0.3, 0.4) is 0 Å². The maximum absolute atomic E-state index is 8.97. The lowest BCUT2D eigenvalue weighted by Gasteiger charge is -1.95. The van der Waals surface area contributed by atoms with Gasteiger partial charge in [-0.1, -0.05) is 29.8 Å². The number of H-pyrrole nitrogens is 1. The van der Waals surface area contributed by atoms with E-state index in [-0.39, 0.29) is 0 Å². The Bertz CT molecular complexity index is 531. The van der Waals surface area contributed by atoms with E-state index in [1.54, 1.807) is 6.08 Å². The summed E-state index contributed by atoms with van der Waals surface area (Å²) in [4.78, 5) is 0. The third-order valence-electron chi connectivity index (χ3n) is 2.10. The molecule has 0 radical (unpaired) electrons. The topological polar surface area (TPSA) is 78.2 Å². The van der Waals surface area contributed by atoms with Crippen LogP contribution in [0, 0.1) is 18.3 Å². The highest BCUT2D eigenvalue weighted by Gasteiger charge is 2.05. The first kappa shape index (κ1) is 10.1. The number of benzene rings is 1. The average Bonchev–Trinajstić information content (AvgIpc) is 2.82. The zero-order valence-corrected chi connectivity index (χ0v) is 8.68. The average molecular weight is 211 g/mol. The Morgan fingerprint density at radius 2 is 2.12 bits per heavy atom. The number of aromatic nitrogens is 4. The summed E-state index contributed by atoms with van der Waals surface area (Å²) < 4.78 is 0. The molecule has 0 atom stereocenters. The second-order valence-corrected chi connectivity index (χ2v) is 3.32. The molecule has 0 fully saturated rings. The van der Waals surface area contributed by atoms with Gasteiger partial charge in [0.2, 0.25) is 5.82 Å². The van der Waals surface area contributed by atoms with E-state index < -0.39 is 0 Å². The molecule has 0 spiro atoms. The molecule has 5 heteroatoms. The van der Waals surface area contributed by atoms with Gasteiger partial charge in [-0.2, -0.15) is 10.5 Å². The number of aryl methyl sites for hydroxylation is 1. The molecule has 16 heavy (non-hydrogen) atoms. The van der Waals surface area contributed by atoms with Gasteiger partial charge >= 0.3 is 0 Å². The van der Waals surface area contributed by atoms with E-state index in [4.69, 9.17) is 5.26 Å². The highest BCUT2D eigenvalue weighted by molar-refractivity contribution is 5.86. The summed E-state index contributed by atoms with van der Waals surface area (Å²) in [5, 5.41) is 22.2. The predicted octanol–water partition coefficient (Wildman–Crippen LogP) is 1.57. The van der Waals surface area contributed by atoms with Gasteiger partial charge in [-0.15, -0.1) is 10.2 Å². The maximum Gasteiger partial charge on any atom is 0.215 e. The molecule has 0 saturated heterocycles. The Morgan fingerprint density at radius 3 is 2.69 bits per heavy atom. The lowest BCUT2D eigenvalue weighted by Crippen LogP contribution is -1.85. The Morgan fingerprint density at radius 1 is 1.38 bits per heavy atom. The molecule has 0 bridgehead atoms. The van der Waals surface area contributed by atoms with Crippen molar-refractivity contribution < 1.29 is 0 Å². The minimum Gasteiger partial charge on any atom is -0.192 e. The van der Waals surface area contributed by atoms with E-state index in [9.17, 15) is 0 Å². The van der Waals surface area contributed by atoms with Crippen molar-refractivity contribution in [1.29, 1.82) is 5.26 Å². The Kier molecular flexibility index (Phi) is 2.74. The van der Waals surface area contributed by atoms with Crippen molar-refractivity contribution in [2.24, 2.45) is 0 Å². The number of nitrogens with one attached hydrogen (secondary N) is 1. The number of hydrogen-bond donors (Lipinski definition) is 1. The quantitative estimate of drug-likeness (QED) is 0.765. The van der Waals surface area contributed by atoms with Gasteiger partial charge in [0.1, 0.15) is 11.6 Å². The Labute approximate surface area is 92.4 Å². The van der Waals surface area contributed by atoms with Crippen molar-refractivity contribution in [3.8, 4) is 6.07 Å². The number of hydrogen-bond acceptors (Lipinski definition) is 4. The smallest absolute Gasteiger partial charge is 0.192 e. The molecule has 1 heterocycles. The van der Waals surface area contributed by atoms with Crippen LogP contribution in [0.15, 0.2) is 24.3 Å². The summed E-state index contributed by atoms with van der Waals surface area (Å²) in [6, 6.07) is 9.88. The number of tetrazole rings is 1. The van der Waals surface area contributed by atoms with Crippen molar-refractivity contribution in [3.05, 3.63) is 41.2 Å². The summed E-state index contributed by atoms with van der Waals surface area (Å²) in [7, 11) is 0. The van der Waals surface area contributed by atoms with Gasteiger partial charge in [-0.3, -0.25) is 0 Å². The highest BCUT2D eigenvalue weighted by atomic mass is 15.5. The van der Waals surface area contributed by atoms with Crippen molar-refractivity contribution >= 4 is 11.6 Å². The second-order valence-electron chi connectivity index (χ2n) is 3.32. The van der Waals surface area contributed by atoms with Crippen LogP contribution in [-0.2, 0) is 0 Å². The molecule has 1 aromatic carbocycles. The summed E-state index contributed by atoms with van der Waals surface area (Å²) in [6.07, 6.45) is 1.73. The maximum atomic E-state index is 8.97. The van der Waals surface area contributed by atoms with Gasteiger partial charge in [-0.25, -0.2) is 0 Å². The van der Waals surface area contributed by atoms with Crippen LogP contribution in [-0.4, -0.2) is 20.6 Å². The molecule has 0 amide bonds. The second kappa shape index (κ2) is 4.36. The first-order valence-corrected chi connectivity index (χ1v) is 4.72. The Hall–Kier alpha value is -2.48. The standard InChI is InChI=1S/C11H9N5/c1-8-2-4-9(5-3-8)6-10(7-12)11-13-15-16-14-11/h2-6H,1H3,(H,13,14,15,16). The molecule has 2 rings (SSSR count). The number of rotatable bonds is 2. The molecule has 78 valence electrons. The monoisotopic (exact) mass is 211 g/mol. The molecule has 1 aromatic heterocycles. The summed E-state index contributed by atoms with van der Waals surface area (Å²) in [5.41, 5.74) is 2.50. The van der Waals surface area contributed by atoms with E-state index in [0.717, 1.165) is 5.56 Å². The van der Waals surface area contributed by atoms with Gasteiger partial charge in [0.05, 0.1) is 0 Å². The largest absolute Gasteiger partial charge is 0.215 e. The zero-order chi connectivity index (χ0) is 11.4. The lowest BCUT2D eigenvalue weighted by molar-refractivity contribution is 0.881. The predicted molar refractivity (Wildman–Crippen MR) is 58.8 cm³/mol. The number of nitriles is 1. The molecule has 0 aliphatic carbocycles. The molecule has 0 aliphatic rings. The molecule has 2 aromatic rings. The molecule has 1 N–H and O–H groups in total. The molecule has 0 aliphatic heterocycles. The zero-order valence-electron chi connectivity index (χ0n) is 8.68. The number of aromatic amines is 1.